The second-order valence-electron chi connectivity index (χ2n) is 6.08. The number of benzene rings is 1. The van der Waals surface area contributed by atoms with Crippen LogP contribution in [0, 0.1) is 6.92 Å². The van der Waals surface area contributed by atoms with Crippen LogP contribution < -0.4 is 0 Å². The Hall–Kier alpha value is -2.01. The Balaban J connectivity index is 1.97. The van der Waals surface area contributed by atoms with Crippen molar-refractivity contribution in [2.45, 2.75) is 33.1 Å². The van der Waals surface area contributed by atoms with Gasteiger partial charge in [0.05, 0.1) is 28.3 Å². The summed E-state index contributed by atoms with van der Waals surface area (Å²) in [4.78, 5) is 4.51. The van der Waals surface area contributed by atoms with Gasteiger partial charge in [0.1, 0.15) is 0 Å². The van der Waals surface area contributed by atoms with Gasteiger partial charge in [-0.15, -0.1) is 16.4 Å². The van der Waals surface area contributed by atoms with E-state index in [1.54, 1.807) is 11.3 Å². The van der Waals surface area contributed by atoms with Gasteiger partial charge >= 0.3 is 0 Å². The van der Waals surface area contributed by atoms with Crippen molar-refractivity contribution in [2.24, 2.45) is 0 Å². The summed E-state index contributed by atoms with van der Waals surface area (Å²) in [6.07, 6.45) is 1.83. The maximum absolute atomic E-state index is 4.51. The van der Waals surface area contributed by atoms with E-state index in [0.717, 1.165) is 27.6 Å². The van der Waals surface area contributed by atoms with E-state index in [1.165, 1.54) is 0 Å². The van der Waals surface area contributed by atoms with E-state index < -0.39 is 0 Å². The molecule has 0 amide bonds. The Morgan fingerprint density at radius 1 is 1.10 bits per heavy atom. The highest BCUT2D eigenvalue weighted by Gasteiger charge is 2.20. The zero-order valence-corrected chi connectivity index (χ0v) is 13.5. The molecule has 0 aliphatic carbocycles. The fourth-order valence-electron chi connectivity index (χ4n) is 2.21. The van der Waals surface area contributed by atoms with Crippen molar-refractivity contribution in [3.63, 3.8) is 0 Å². The third kappa shape index (κ3) is 2.74. The van der Waals surface area contributed by atoms with Crippen LogP contribution in [0.5, 0.6) is 0 Å². The van der Waals surface area contributed by atoms with Crippen LogP contribution >= 0.6 is 11.3 Å². The summed E-state index contributed by atoms with van der Waals surface area (Å²) in [5.74, 6) is 0. The van der Waals surface area contributed by atoms with E-state index >= 15 is 0 Å². The van der Waals surface area contributed by atoms with Gasteiger partial charge in [-0.1, -0.05) is 38.1 Å². The van der Waals surface area contributed by atoms with E-state index in [-0.39, 0.29) is 5.41 Å². The van der Waals surface area contributed by atoms with E-state index in [0.29, 0.717) is 0 Å². The van der Waals surface area contributed by atoms with Crippen LogP contribution in [0.3, 0.4) is 0 Å². The Kier molecular flexibility index (Phi) is 3.37. The van der Waals surface area contributed by atoms with Crippen LogP contribution in [0.15, 0.2) is 35.8 Å². The summed E-state index contributed by atoms with van der Waals surface area (Å²) in [5.41, 5.74) is 4.28. The Labute approximate surface area is 128 Å². The molecule has 4 nitrogen and oxygen atoms in total. The van der Waals surface area contributed by atoms with Crippen molar-refractivity contribution in [3.05, 3.63) is 46.5 Å². The normalized spacial score (nSPS) is 11.8. The third-order valence-corrected chi connectivity index (χ3v) is 4.12. The molecule has 2 heterocycles. The lowest BCUT2D eigenvalue weighted by molar-refractivity contribution is 0.542. The van der Waals surface area contributed by atoms with Crippen LogP contribution in [0.25, 0.3) is 16.9 Å². The smallest absolute Gasteiger partial charge is 0.0901 e. The first-order chi connectivity index (χ1) is 9.95. The minimum absolute atomic E-state index is 0.00813. The summed E-state index contributed by atoms with van der Waals surface area (Å²) in [5, 5.41) is 11.4. The van der Waals surface area contributed by atoms with Crippen molar-refractivity contribution in [3.8, 4) is 16.9 Å². The highest BCUT2D eigenvalue weighted by Crippen LogP contribution is 2.26. The standard InChI is InChI=1S/C16H18N4S/c1-11-18-14(10-21-11)12-5-7-13(8-6-12)20-15(9-17-19-20)16(2,3)4/h5-10H,1-4H3. The summed E-state index contributed by atoms with van der Waals surface area (Å²) in [6.45, 7) is 8.51. The molecule has 1 aromatic carbocycles. The molecule has 0 aliphatic heterocycles. The lowest BCUT2D eigenvalue weighted by atomic mass is 9.92. The third-order valence-electron chi connectivity index (χ3n) is 3.34. The molecule has 0 aliphatic rings. The van der Waals surface area contributed by atoms with Crippen molar-refractivity contribution in [1.29, 1.82) is 0 Å². The summed E-state index contributed by atoms with van der Waals surface area (Å²) < 4.78 is 1.90. The fourth-order valence-corrected chi connectivity index (χ4v) is 2.83. The molecule has 0 spiro atoms. The van der Waals surface area contributed by atoms with Crippen molar-refractivity contribution >= 4 is 11.3 Å². The minimum Gasteiger partial charge on any atom is -0.242 e. The van der Waals surface area contributed by atoms with Crippen molar-refractivity contribution in [2.75, 3.05) is 0 Å². The van der Waals surface area contributed by atoms with Crippen LogP contribution in [0.4, 0.5) is 0 Å². The van der Waals surface area contributed by atoms with Gasteiger partial charge in [0.2, 0.25) is 0 Å². The Morgan fingerprint density at radius 3 is 2.38 bits per heavy atom. The van der Waals surface area contributed by atoms with Gasteiger partial charge in [-0.2, -0.15) is 0 Å². The van der Waals surface area contributed by atoms with Gasteiger partial charge in [0.15, 0.2) is 0 Å². The van der Waals surface area contributed by atoms with Gasteiger partial charge in [-0.05, 0) is 19.1 Å². The average Bonchev–Trinajstić information content (AvgIpc) is 3.07. The molecule has 21 heavy (non-hydrogen) atoms. The zero-order valence-electron chi connectivity index (χ0n) is 12.7. The van der Waals surface area contributed by atoms with Crippen LogP contribution in [-0.4, -0.2) is 20.0 Å². The maximum Gasteiger partial charge on any atom is 0.0901 e. The predicted octanol–water partition coefficient (Wildman–Crippen LogP) is 4.00. The lowest BCUT2D eigenvalue weighted by Crippen LogP contribution is -2.17. The molecule has 0 fully saturated rings. The Morgan fingerprint density at radius 2 is 1.81 bits per heavy atom. The number of aromatic nitrogens is 4. The molecule has 5 heteroatoms. The molecular formula is C16H18N4S. The lowest BCUT2D eigenvalue weighted by Gasteiger charge is -2.19. The second-order valence-corrected chi connectivity index (χ2v) is 7.14. The number of thiazole rings is 1. The van der Waals surface area contributed by atoms with Crippen LogP contribution in [0.2, 0.25) is 0 Å². The first-order valence-electron chi connectivity index (χ1n) is 6.89. The molecule has 2 aromatic heterocycles. The quantitative estimate of drug-likeness (QED) is 0.718. The van der Waals surface area contributed by atoms with E-state index in [9.17, 15) is 0 Å². The topological polar surface area (TPSA) is 43.6 Å². The average molecular weight is 298 g/mol. The number of nitrogens with zero attached hydrogens (tertiary/aromatic N) is 4. The number of hydrogen-bond donors (Lipinski definition) is 0. The summed E-state index contributed by atoms with van der Waals surface area (Å²) >= 11 is 1.67. The van der Waals surface area contributed by atoms with Gasteiger partial charge < -0.3 is 0 Å². The van der Waals surface area contributed by atoms with E-state index in [1.807, 2.05) is 17.8 Å². The molecule has 0 atom stereocenters. The van der Waals surface area contributed by atoms with E-state index in [4.69, 9.17) is 0 Å². The number of rotatable bonds is 2. The molecule has 0 unspecified atom stereocenters. The largest absolute Gasteiger partial charge is 0.242 e. The SMILES string of the molecule is Cc1nc(-c2ccc(-n3nncc3C(C)(C)C)cc2)cs1. The maximum atomic E-state index is 4.51. The van der Waals surface area contributed by atoms with Gasteiger partial charge in [-0.3, -0.25) is 0 Å². The monoisotopic (exact) mass is 298 g/mol. The fraction of sp³-hybridized carbons (Fsp3) is 0.312. The predicted molar refractivity (Wildman–Crippen MR) is 85.9 cm³/mol. The number of hydrogen-bond acceptors (Lipinski definition) is 4. The molecule has 0 saturated carbocycles. The molecular weight excluding hydrogens is 280 g/mol. The molecule has 0 N–H and O–H groups in total. The first kappa shape index (κ1) is 13.9. The van der Waals surface area contributed by atoms with Gasteiger partial charge in [-0.25, -0.2) is 9.67 Å². The molecule has 0 radical (unpaired) electrons. The highest BCUT2D eigenvalue weighted by molar-refractivity contribution is 7.09. The zero-order chi connectivity index (χ0) is 15.0. The molecule has 0 saturated heterocycles. The molecule has 0 bridgehead atoms. The second kappa shape index (κ2) is 5.07. The van der Waals surface area contributed by atoms with Gasteiger partial charge in [0, 0.05) is 16.4 Å². The van der Waals surface area contributed by atoms with Crippen molar-refractivity contribution < 1.29 is 0 Å². The van der Waals surface area contributed by atoms with Crippen LogP contribution in [0.1, 0.15) is 31.5 Å². The molecule has 3 rings (SSSR count). The number of aryl methyl sites for hydroxylation is 1. The van der Waals surface area contributed by atoms with E-state index in [2.05, 4.69) is 65.7 Å². The first-order valence-corrected chi connectivity index (χ1v) is 7.77. The van der Waals surface area contributed by atoms with Crippen LogP contribution in [-0.2, 0) is 5.41 Å². The highest BCUT2D eigenvalue weighted by atomic mass is 32.1. The van der Waals surface area contributed by atoms with Gasteiger partial charge in [0.25, 0.3) is 0 Å². The summed E-state index contributed by atoms with van der Waals surface area (Å²) in [6, 6.07) is 8.29. The molecule has 3 aromatic rings. The minimum atomic E-state index is 0.00813. The molecule has 108 valence electrons. The Bertz CT molecular complexity index is 747. The van der Waals surface area contributed by atoms with Crippen molar-refractivity contribution in [1.82, 2.24) is 20.0 Å². The summed E-state index contributed by atoms with van der Waals surface area (Å²) in [7, 11) is 0.